The number of rotatable bonds is 7. The summed E-state index contributed by atoms with van der Waals surface area (Å²) in [5, 5.41) is 0. The molecule has 0 N–H and O–H groups in total. The number of carbonyl (C=O) groups excluding carboxylic acids is 1. The zero-order chi connectivity index (χ0) is 24.3. The van der Waals surface area contributed by atoms with Gasteiger partial charge in [0.2, 0.25) is 0 Å². The van der Waals surface area contributed by atoms with Crippen LogP contribution in [0.25, 0.3) is 0 Å². The summed E-state index contributed by atoms with van der Waals surface area (Å²) in [7, 11) is 0.860. The van der Waals surface area contributed by atoms with Crippen LogP contribution in [-0.4, -0.2) is 31.4 Å². The highest BCUT2D eigenvalue weighted by Gasteiger charge is 2.54. The molecule has 1 fully saturated rings. The Balaban J connectivity index is 1.68. The maximum absolute atomic E-state index is 12.3. The van der Waals surface area contributed by atoms with Crippen molar-refractivity contribution in [2.24, 2.45) is 0 Å². The first-order valence-corrected chi connectivity index (χ1v) is 11.6. The van der Waals surface area contributed by atoms with Crippen molar-refractivity contribution < 1.29 is 18.8 Å². The number of para-hydroxylation sites is 2. The van der Waals surface area contributed by atoms with E-state index in [1.54, 1.807) is 0 Å². The minimum atomic E-state index is -0.547. The normalized spacial score (nSPS) is 17.3. The lowest BCUT2D eigenvalue weighted by Gasteiger charge is -2.32. The quantitative estimate of drug-likeness (QED) is 0.302. The van der Waals surface area contributed by atoms with Gasteiger partial charge in [-0.3, -0.25) is 4.79 Å². The molecule has 5 nitrogen and oxygen atoms in total. The Labute approximate surface area is 202 Å². The van der Waals surface area contributed by atoms with Crippen molar-refractivity contribution >= 4 is 30.1 Å². The molecule has 0 saturated carbocycles. The number of hydrogen-bond acceptors (Lipinski definition) is 5. The van der Waals surface area contributed by atoms with Crippen molar-refractivity contribution in [2.75, 3.05) is 12.0 Å². The molecule has 6 heteroatoms. The van der Waals surface area contributed by atoms with Gasteiger partial charge in [-0.1, -0.05) is 48.5 Å². The van der Waals surface area contributed by atoms with Crippen LogP contribution in [0.15, 0.2) is 84.9 Å². The number of hydrogen-bond donors (Lipinski definition) is 0. The van der Waals surface area contributed by atoms with Crippen molar-refractivity contribution in [2.45, 2.75) is 51.1 Å². The Morgan fingerprint density at radius 1 is 0.794 bits per heavy atom. The molecule has 1 aliphatic rings. The average Bonchev–Trinajstić information content (AvgIpc) is 3.06. The van der Waals surface area contributed by atoms with E-state index in [1.807, 2.05) is 76.2 Å². The molecule has 0 bridgehead atoms. The molecule has 1 heterocycles. The van der Waals surface area contributed by atoms with Gasteiger partial charge < -0.3 is 18.9 Å². The summed E-state index contributed by atoms with van der Waals surface area (Å²) < 4.78 is 17.6. The molecule has 4 rings (SSSR count). The van der Waals surface area contributed by atoms with Crippen LogP contribution < -0.4 is 4.90 Å². The predicted octanol–water partition coefficient (Wildman–Crippen LogP) is 6.43. The van der Waals surface area contributed by atoms with E-state index >= 15 is 0 Å². The third kappa shape index (κ3) is 4.89. The van der Waals surface area contributed by atoms with E-state index in [4.69, 9.17) is 14.0 Å². The van der Waals surface area contributed by atoms with E-state index in [-0.39, 0.29) is 18.2 Å². The molecule has 3 aromatic carbocycles. The molecule has 1 unspecified atom stereocenters. The Morgan fingerprint density at radius 3 is 1.68 bits per heavy atom. The zero-order valence-electron chi connectivity index (χ0n) is 20.5. The lowest BCUT2D eigenvalue weighted by molar-refractivity contribution is -0.140. The molecule has 1 aliphatic heterocycles. The number of methoxy groups -OCH3 is 1. The average molecular weight is 457 g/mol. The van der Waals surface area contributed by atoms with Crippen molar-refractivity contribution in [1.29, 1.82) is 0 Å². The van der Waals surface area contributed by atoms with Crippen molar-refractivity contribution in [1.82, 2.24) is 0 Å². The van der Waals surface area contributed by atoms with E-state index in [1.165, 1.54) is 7.11 Å². The molecule has 1 saturated heterocycles. The first kappa shape index (κ1) is 24.1. The van der Waals surface area contributed by atoms with Gasteiger partial charge in [0.25, 0.3) is 0 Å². The number of carbonyl (C=O) groups is 1. The first-order chi connectivity index (χ1) is 16.2. The second-order valence-corrected chi connectivity index (χ2v) is 9.61. The van der Waals surface area contributed by atoms with E-state index in [2.05, 4.69) is 41.3 Å². The number of esters is 1. The van der Waals surface area contributed by atoms with Gasteiger partial charge in [0.15, 0.2) is 0 Å². The van der Waals surface area contributed by atoms with Crippen LogP contribution in [0.1, 0.15) is 45.5 Å². The van der Waals surface area contributed by atoms with Crippen LogP contribution in [-0.2, 0) is 18.8 Å². The van der Waals surface area contributed by atoms with Gasteiger partial charge in [-0.05, 0) is 69.7 Å². The maximum atomic E-state index is 12.3. The third-order valence-electron chi connectivity index (χ3n) is 6.82. The summed E-state index contributed by atoms with van der Waals surface area (Å²) in [6.07, 6.45) is 0.174. The van der Waals surface area contributed by atoms with Gasteiger partial charge in [0.1, 0.15) is 0 Å². The smallest absolute Gasteiger partial charge is 0.466 e. The number of ether oxygens (including phenoxy) is 1. The summed E-state index contributed by atoms with van der Waals surface area (Å²) in [5.41, 5.74) is 3.16. The van der Waals surface area contributed by atoms with Gasteiger partial charge in [0, 0.05) is 22.9 Å². The van der Waals surface area contributed by atoms with Crippen LogP contribution in [0.4, 0.5) is 17.1 Å². The molecule has 3 aromatic rings. The summed E-state index contributed by atoms with van der Waals surface area (Å²) >= 11 is 0. The number of nitrogens with zero attached hydrogens (tertiary/aromatic N) is 1. The fourth-order valence-corrected chi connectivity index (χ4v) is 4.16. The van der Waals surface area contributed by atoms with Crippen LogP contribution in [0.2, 0.25) is 0 Å². The molecule has 176 valence electrons. The van der Waals surface area contributed by atoms with E-state index in [0.717, 1.165) is 22.6 Å². The molecule has 0 aromatic heterocycles. The fourth-order valence-electron chi connectivity index (χ4n) is 4.16. The Bertz CT molecular complexity index is 1040. The molecule has 0 aliphatic carbocycles. The molecule has 0 spiro atoms. The van der Waals surface area contributed by atoms with Gasteiger partial charge >= 0.3 is 13.1 Å². The Hall–Kier alpha value is -3.09. The molecule has 34 heavy (non-hydrogen) atoms. The SMILES string of the molecule is COC(=O)CC(B1OC(C)(C)C(C)(C)O1)c1ccc(N(c2ccccc2)c2ccccc2)cc1. The van der Waals surface area contributed by atoms with Crippen LogP contribution in [0, 0.1) is 0 Å². The molecule has 1 atom stereocenters. The second-order valence-electron chi connectivity index (χ2n) is 9.61. The fraction of sp³-hybridized carbons (Fsp3) is 0.321. The van der Waals surface area contributed by atoms with E-state index < -0.39 is 18.3 Å². The molecule has 0 radical (unpaired) electrons. The minimum absolute atomic E-state index is 0.174. The highest BCUT2D eigenvalue weighted by molar-refractivity contribution is 6.48. The summed E-state index contributed by atoms with van der Waals surface area (Å²) in [4.78, 5) is 14.5. The zero-order valence-corrected chi connectivity index (χ0v) is 20.5. The van der Waals surface area contributed by atoms with Crippen LogP contribution in [0.5, 0.6) is 0 Å². The van der Waals surface area contributed by atoms with Gasteiger partial charge in [-0.2, -0.15) is 0 Å². The first-order valence-electron chi connectivity index (χ1n) is 11.6. The summed E-state index contributed by atoms with van der Waals surface area (Å²) in [6, 6.07) is 28.8. The minimum Gasteiger partial charge on any atom is -0.469 e. The summed E-state index contributed by atoms with van der Waals surface area (Å²) in [6.45, 7) is 8.07. The topological polar surface area (TPSA) is 48.0 Å². The Morgan fingerprint density at radius 2 is 1.24 bits per heavy atom. The highest BCUT2D eigenvalue weighted by atomic mass is 16.7. The van der Waals surface area contributed by atoms with Crippen molar-refractivity contribution in [3.05, 3.63) is 90.5 Å². The largest absolute Gasteiger partial charge is 0.469 e. The number of anilines is 3. The van der Waals surface area contributed by atoms with Crippen molar-refractivity contribution in [3.8, 4) is 0 Å². The van der Waals surface area contributed by atoms with Gasteiger partial charge in [-0.25, -0.2) is 0 Å². The van der Waals surface area contributed by atoms with Crippen LogP contribution in [0.3, 0.4) is 0 Å². The highest BCUT2D eigenvalue weighted by Crippen LogP contribution is 2.42. The van der Waals surface area contributed by atoms with E-state index in [0.29, 0.717) is 0 Å². The maximum Gasteiger partial charge on any atom is 0.466 e. The van der Waals surface area contributed by atoms with Gasteiger partial charge in [-0.15, -0.1) is 0 Å². The monoisotopic (exact) mass is 457 g/mol. The second kappa shape index (κ2) is 9.65. The molecular weight excluding hydrogens is 425 g/mol. The number of benzene rings is 3. The lowest BCUT2D eigenvalue weighted by atomic mass is 9.66. The van der Waals surface area contributed by atoms with Crippen LogP contribution >= 0.6 is 0 Å². The lowest BCUT2D eigenvalue weighted by Crippen LogP contribution is -2.41. The van der Waals surface area contributed by atoms with Gasteiger partial charge in [0.05, 0.1) is 24.7 Å². The Kier molecular flexibility index (Phi) is 6.83. The van der Waals surface area contributed by atoms with Crippen molar-refractivity contribution in [3.63, 3.8) is 0 Å². The van der Waals surface area contributed by atoms with E-state index in [9.17, 15) is 4.79 Å². The molecule has 0 amide bonds. The summed E-state index contributed by atoms with van der Waals surface area (Å²) in [5.74, 6) is -0.580. The third-order valence-corrected chi connectivity index (χ3v) is 6.82. The standard InChI is InChI=1S/C28H32BNO4/c1-27(2)28(3,4)34-29(33-27)25(20-26(31)32-5)21-16-18-24(19-17-21)30(22-12-8-6-9-13-22)23-14-10-7-11-15-23/h6-19,25H,20H2,1-5H3. The molecular formula is C28H32BNO4. The predicted molar refractivity (Wildman–Crippen MR) is 137 cm³/mol.